The van der Waals surface area contributed by atoms with Crippen LogP contribution in [0.4, 0.5) is 13.2 Å². The highest BCUT2D eigenvalue weighted by Crippen LogP contribution is 2.32. The molecule has 5 heteroatoms. The number of fused-ring (bicyclic) bond motifs is 1. The predicted molar refractivity (Wildman–Crippen MR) is 72.6 cm³/mol. The molecule has 2 heterocycles. The van der Waals surface area contributed by atoms with Crippen LogP contribution in [0.1, 0.15) is 30.5 Å². The quantitative estimate of drug-likeness (QED) is 0.859. The number of hydrogen-bond donors (Lipinski definition) is 2. The Labute approximate surface area is 115 Å². The molecule has 1 unspecified atom stereocenters. The Kier molecular flexibility index (Phi) is 3.46. The molecule has 1 aliphatic rings. The third-order valence-corrected chi connectivity index (χ3v) is 3.94. The summed E-state index contributed by atoms with van der Waals surface area (Å²) in [5.74, 6) is 0. The molecule has 1 aromatic heterocycles. The van der Waals surface area contributed by atoms with Crippen LogP contribution in [0.15, 0.2) is 24.3 Å². The molecule has 108 valence electrons. The maximum absolute atomic E-state index is 12.8. The fraction of sp³-hybridized carbons (Fsp3) is 0.467. The summed E-state index contributed by atoms with van der Waals surface area (Å²) in [6, 6.07) is 7.04. The van der Waals surface area contributed by atoms with Crippen LogP contribution in [-0.2, 0) is 12.6 Å². The highest BCUT2D eigenvalue weighted by Gasteiger charge is 2.32. The monoisotopic (exact) mass is 282 g/mol. The lowest BCUT2D eigenvalue weighted by Gasteiger charge is -2.23. The van der Waals surface area contributed by atoms with Crippen molar-refractivity contribution in [2.45, 2.75) is 37.9 Å². The van der Waals surface area contributed by atoms with Crippen LogP contribution in [0.3, 0.4) is 0 Å². The van der Waals surface area contributed by atoms with Crippen molar-refractivity contribution in [2.24, 2.45) is 0 Å². The molecule has 0 spiro atoms. The number of alkyl halides is 3. The smallest absolute Gasteiger partial charge is 0.351 e. The van der Waals surface area contributed by atoms with Gasteiger partial charge in [-0.3, -0.25) is 0 Å². The minimum atomic E-state index is -4.32. The lowest BCUT2D eigenvalue weighted by Crippen LogP contribution is -2.35. The van der Waals surface area contributed by atoms with Crippen molar-refractivity contribution < 1.29 is 13.2 Å². The normalized spacial score (nSPS) is 20.4. The summed E-state index contributed by atoms with van der Waals surface area (Å²) in [4.78, 5) is 2.47. The van der Waals surface area contributed by atoms with Crippen molar-refractivity contribution in [1.29, 1.82) is 0 Å². The predicted octanol–water partition coefficient (Wildman–Crippen LogP) is 3.87. The first-order valence-corrected chi connectivity index (χ1v) is 6.95. The van der Waals surface area contributed by atoms with Gasteiger partial charge in [-0.05, 0) is 43.5 Å². The van der Waals surface area contributed by atoms with E-state index in [1.807, 2.05) is 12.1 Å². The highest BCUT2D eigenvalue weighted by molar-refractivity contribution is 5.84. The summed E-state index contributed by atoms with van der Waals surface area (Å²) < 4.78 is 38.3. The maximum atomic E-state index is 12.8. The highest BCUT2D eigenvalue weighted by atomic mass is 19.4. The molecule has 1 aromatic carbocycles. The molecule has 3 rings (SSSR count). The second-order valence-corrected chi connectivity index (χ2v) is 5.41. The van der Waals surface area contributed by atoms with E-state index in [0.29, 0.717) is 16.9 Å². The van der Waals surface area contributed by atoms with E-state index in [1.165, 1.54) is 18.9 Å². The fourth-order valence-corrected chi connectivity index (χ4v) is 2.91. The summed E-state index contributed by atoms with van der Waals surface area (Å²) in [7, 11) is 0. The van der Waals surface area contributed by atoms with Gasteiger partial charge in [-0.2, -0.15) is 13.2 Å². The van der Waals surface area contributed by atoms with Gasteiger partial charge in [0.2, 0.25) is 0 Å². The first-order valence-electron chi connectivity index (χ1n) is 6.95. The Morgan fingerprint density at radius 2 is 2.05 bits per heavy atom. The van der Waals surface area contributed by atoms with Crippen molar-refractivity contribution in [3.8, 4) is 0 Å². The summed E-state index contributed by atoms with van der Waals surface area (Å²) in [6.07, 6.45) is -0.0730. The van der Waals surface area contributed by atoms with Gasteiger partial charge in [0.15, 0.2) is 0 Å². The molecule has 2 aromatic rings. The first-order chi connectivity index (χ1) is 9.54. The van der Waals surface area contributed by atoms with Crippen LogP contribution < -0.4 is 5.32 Å². The van der Waals surface area contributed by atoms with Crippen molar-refractivity contribution in [3.63, 3.8) is 0 Å². The molecule has 0 aliphatic carbocycles. The molecule has 1 fully saturated rings. The molecule has 1 saturated heterocycles. The van der Waals surface area contributed by atoms with Crippen LogP contribution in [0.25, 0.3) is 10.9 Å². The number of piperidine rings is 1. The lowest BCUT2D eigenvalue weighted by atomic mass is 9.96. The summed E-state index contributed by atoms with van der Waals surface area (Å²) in [5, 5.41) is 4.12. The van der Waals surface area contributed by atoms with Gasteiger partial charge < -0.3 is 10.3 Å². The van der Waals surface area contributed by atoms with Gasteiger partial charge in [0.05, 0.1) is 0 Å². The second kappa shape index (κ2) is 5.13. The Morgan fingerprint density at radius 1 is 1.20 bits per heavy atom. The number of hydrogen-bond acceptors (Lipinski definition) is 1. The largest absolute Gasteiger partial charge is 0.431 e. The van der Waals surface area contributed by atoms with E-state index in [2.05, 4.69) is 10.3 Å². The van der Waals surface area contributed by atoms with E-state index in [-0.39, 0.29) is 0 Å². The molecular formula is C15H17F3N2. The van der Waals surface area contributed by atoms with Crippen LogP contribution in [0.2, 0.25) is 0 Å². The minimum absolute atomic E-state index is 0.374. The molecule has 0 radical (unpaired) electrons. The topological polar surface area (TPSA) is 27.8 Å². The van der Waals surface area contributed by atoms with Crippen molar-refractivity contribution in [3.05, 3.63) is 35.5 Å². The third kappa shape index (κ3) is 2.68. The standard InChI is InChI=1S/C15H17F3N2/c16-15(17,18)14-9-12-10(4-3-6-13(12)20-14)8-11-5-1-2-7-19-11/h3-4,6,9,11,19-20H,1-2,5,7-8H2. The molecule has 1 aliphatic heterocycles. The van der Waals surface area contributed by atoms with Gasteiger partial charge in [0.1, 0.15) is 5.69 Å². The SMILES string of the molecule is FC(F)(F)c1cc2c(CC3CCCCN3)cccc2[nH]1. The molecule has 20 heavy (non-hydrogen) atoms. The van der Waals surface area contributed by atoms with Gasteiger partial charge in [-0.1, -0.05) is 18.6 Å². The van der Waals surface area contributed by atoms with Crippen molar-refractivity contribution in [1.82, 2.24) is 10.3 Å². The number of halogens is 3. The Balaban J connectivity index is 1.92. The maximum Gasteiger partial charge on any atom is 0.431 e. The molecule has 0 bridgehead atoms. The zero-order valence-corrected chi connectivity index (χ0v) is 11.1. The Bertz CT molecular complexity index is 595. The molecule has 2 nitrogen and oxygen atoms in total. The van der Waals surface area contributed by atoms with E-state index < -0.39 is 11.9 Å². The van der Waals surface area contributed by atoms with Crippen LogP contribution >= 0.6 is 0 Å². The van der Waals surface area contributed by atoms with Crippen molar-refractivity contribution in [2.75, 3.05) is 6.54 Å². The molecular weight excluding hydrogens is 265 g/mol. The van der Waals surface area contributed by atoms with E-state index in [9.17, 15) is 13.2 Å². The van der Waals surface area contributed by atoms with Gasteiger partial charge in [-0.25, -0.2) is 0 Å². The van der Waals surface area contributed by atoms with Gasteiger partial charge in [-0.15, -0.1) is 0 Å². The number of aromatic nitrogens is 1. The zero-order valence-electron chi connectivity index (χ0n) is 11.1. The number of nitrogens with one attached hydrogen (secondary N) is 2. The van der Waals surface area contributed by atoms with Crippen LogP contribution in [-0.4, -0.2) is 17.6 Å². The van der Waals surface area contributed by atoms with Gasteiger partial charge in [0.25, 0.3) is 0 Å². The Hall–Kier alpha value is -1.49. The molecule has 0 saturated carbocycles. The van der Waals surface area contributed by atoms with Gasteiger partial charge in [0, 0.05) is 16.9 Å². The zero-order chi connectivity index (χ0) is 14.2. The molecule has 0 amide bonds. The fourth-order valence-electron chi connectivity index (χ4n) is 2.91. The lowest BCUT2D eigenvalue weighted by molar-refractivity contribution is -0.140. The van der Waals surface area contributed by atoms with Crippen LogP contribution in [0.5, 0.6) is 0 Å². The first kappa shape index (κ1) is 13.5. The van der Waals surface area contributed by atoms with E-state index in [1.54, 1.807) is 6.07 Å². The number of aromatic amines is 1. The molecule has 1 atom stereocenters. The van der Waals surface area contributed by atoms with E-state index in [4.69, 9.17) is 0 Å². The average molecular weight is 282 g/mol. The average Bonchev–Trinajstić information content (AvgIpc) is 2.85. The number of H-pyrrole nitrogens is 1. The summed E-state index contributed by atoms with van der Waals surface area (Å²) in [6.45, 7) is 1.00. The third-order valence-electron chi connectivity index (χ3n) is 3.94. The summed E-state index contributed by atoms with van der Waals surface area (Å²) >= 11 is 0. The van der Waals surface area contributed by atoms with Gasteiger partial charge >= 0.3 is 6.18 Å². The van der Waals surface area contributed by atoms with E-state index >= 15 is 0 Å². The van der Waals surface area contributed by atoms with Crippen LogP contribution in [0, 0.1) is 0 Å². The number of rotatable bonds is 2. The van der Waals surface area contributed by atoms with Crippen molar-refractivity contribution >= 4 is 10.9 Å². The molecule has 2 N–H and O–H groups in total. The summed E-state index contributed by atoms with van der Waals surface area (Å²) in [5.41, 5.74) is 0.871. The minimum Gasteiger partial charge on any atom is -0.351 e. The number of benzene rings is 1. The second-order valence-electron chi connectivity index (χ2n) is 5.41. The Morgan fingerprint density at radius 3 is 2.75 bits per heavy atom. The van der Waals surface area contributed by atoms with E-state index in [0.717, 1.165) is 24.9 Å².